The molecule has 0 aromatic heterocycles. The first-order chi connectivity index (χ1) is 12.4. The van der Waals surface area contributed by atoms with Gasteiger partial charge in [0.05, 0.1) is 17.2 Å². The predicted molar refractivity (Wildman–Crippen MR) is 99.3 cm³/mol. The Morgan fingerprint density at radius 2 is 1.88 bits per heavy atom. The van der Waals surface area contributed by atoms with Crippen molar-refractivity contribution in [2.24, 2.45) is 0 Å². The van der Waals surface area contributed by atoms with Gasteiger partial charge in [0, 0.05) is 5.69 Å². The Morgan fingerprint density at radius 3 is 2.46 bits per heavy atom. The zero-order valence-electron chi connectivity index (χ0n) is 14.7. The second kappa shape index (κ2) is 8.71. The van der Waals surface area contributed by atoms with Gasteiger partial charge in [-0.3, -0.25) is 4.79 Å². The zero-order valence-corrected chi connectivity index (χ0v) is 14.7. The van der Waals surface area contributed by atoms with E-state index in [1.54, 1.807) is 24.3 Å². The standard InChI is InChI=1S/C20H21NO5/c1-4-12-25-17-7-5-6-16(18(17)26-13(2)3)19(22)21-15-10-8-14(9-11-15)20(23)24/h4-11,13H,1,12H2,2-3H3,(H,21,22)(H,23,24). The smallest absolute Gasteiger partial charge is 0.335 e. The number of benzene rings is 2. The quantitative estimate of drug-likeness (QED) is 0.700. The van der Waals surface area contributed by atoms with Crippen LogP contribution >= 0.6 is 0 Å². The van der Waals surface area contributed by atoms with Gasteiger partial charge in [0.2, 0.25) is 0 Å². The molecule has 0 atom stereocenters. The third kappa shape index (κ3) is 4.86. The Kier molecular flexibility index (Phi) is 6.38. The summed E-state index contributed by atoms with van der Waals surface area (Å²) in [6.45, 7) is 7.62. The second-order valence-corrected chi connectivity index (χ2v) is 5.74. The molecule has 0 saturated carbocycles. The summed E-state index contributed by atoms with van der Waals surface area (Å²) in [5.74, 6) is -0.605. The van der Waals surface area contributed by atoms with Crippen molar-refractivity contribution >= 4 is 17.6 Å². The molecule has 0 aliphatic heterocycles. The molecule has 1 amide bonds. The maximum atomic E-state index is 12.7. The van der Waals surface area contributed by atoms with Crippen molar-refractivity contribution in [3.8, 4) is 11.5 Å². The van der Waals surface area contributed by atoms with E-state index in [9.17, 15) is 9.59 Å². The lowest BCUT2D eigenvalue weighted by molar-refractivity contribution is 0.0696. The van der Waals surface area contributed by atoms with E-state index in [4.69, 9.17) is 14.6 Å². The number of carboxylic acid groups (broad SMARTS) is 1. The van der Waals surface area contributed by atoms with E-state index in [1.165, 1.54) is 24.3 Å². The Labute approximate surface area is 152 Å². The van der Waals surface area contributed by atoms with E-state index in [2.05, 4.69) is 11.9 Å². The number of amides is 1. The Hall–Kier alpha value is -3.28. The first kappa shape index (κ1) is 19.1. The molecular formula is C20H21NO5. The van der Waals surface area contributed by atoms with Gasteiger partial charge >= 0.3 is 5.97 Å². The van der Waals surface area contributed by atoms with Gasteiger partial charge in [0.1, 0.15) is 6.61 Å². The fourth-order valence-corrected chi connectivity index (χ4v) is 2.21. The third-order valence-corrected chi connectivity index (χ3v) is 3.32. The number of para-hydroxylation sites is 1. The van der Waals surface area contributed by atoms with Gasteiger partial charge in [-0.05, 0) is 50.2 Å². The third-order valence-electron chi connectivity index (χ3n) is 3.32. The second-order valence-electron chi connectivity index (χ2n) is 5.74. The number of ether oxygens (including phenoxy) is 2. The summed E-state index contributed by atoms with van der Waals surface area (Å²) < 4.78 is 11.4. The summed E-state index contributed by atoms with van der Waals surface area (Å²) in [6, 6.07) is 11.0. The minimum atomic E-state index is -1.03. The van der Waals surface area contributed by atoms with E-state index in [0.717, 1.165) is 0 Å². The van der Waals surface area contributed by atoms with Gasteiger partial charge in [-0.25, -0.2) is 4.79 Å². The molecular weight excluding hydrogens is 334 g/mol. The first-order valence-electron chi connectivity index (χ1n) is 8.10. The van der Waals surface area contributed by atoms with E-state index in [0.29, 0.717) is 22.7 Å². The van der Waals surface area contributed by atoms with Crippen LogP contribution in [0.1, 0.15) is 34.6 Å². The fraction of sp³-hybridized carbons (Fsp3) is 0.200. The van der Waals surface area contributed by atoms with Crippen molar-refractivity contribution in [2.45, 2.75) is 20.0 Å². The van der Waals surface area contributed by atoms with Crippen LogP contribution in [0.5, 0.6) is 11.5 Å². The highest BCUT2D eigenvalue weighted by Crippen LogP contribution is 2.33. The van der Waals surface area contributed by atoms with Crippen LogP contribution in [0.3, 0.4) is 0 Å². The van der Waals surface area contributed by atoms with Crippen LogP contribution < -0.4 is 14.8 Å². The maximum Gasteiger partial charge on any atom is 0.335 e. The van der Waals surface area contributed by atoms with Crippen molar-refractivity contribution in [1.29, 1.82) is 0 Å². The molecule has 0 unspecified atom stereocenters. The number of carbonyl (C=O) groups excluding carboxylic acids is 1. The number of hydrogen-bond donors (Lipinski definition) is 2. The molecule has 6 nitrogen and oxygen atoms in total. The predicted octanol–water partition coefficient (Wildman–Crippen LogP) is 3.99. The lowest BCUT2D eigenvalue weighted by Gasteiger charge is -2.18. The SMILES string of the molecule is C=CCOc1cccc(C(=O)Nc2ccc(C(=O)O)cc2)c1OC(C)C. The molecule has 2 N–H and O–H groups in total. The van der Waals surface area contributed by atoms with Crippen molar-refractivity contribution in [3.05, 3.63) is 66.2 Å². The molecule has 0 saturated heterocycles. The summed E-state index contributed by atoms with van der Waals surface area (Å²) in [4.78, 5) is 23.6. The summed E-state index contributed by atoms with van der Waals surface area (Å²) in [6.07, 6.45) is 1.46. The molecule has 2 rings (SSSR count). The van der Waals surface area contributed by atoms with Crippen LogP contribution in [-0.2, 0) is 0 Å². The zero-order chi connectivity index (χ0) is 19.1. The molecule has 136 valence electrons. The average Bonchev–Trinajstić information content (AvgIpc) is 2.60. The number of carbonyl (C=O) groups is 2. The van der Waals surface area contributed by atoms with Gasteiger partial charge in [-0.1, -0.05) is 18.7 Å². The van der Waals surface area contributed by atoms with Gasteiger partial charge in [0.15, 0.2) is 11.5 Å². The molecule has 0 fully saturated rings. The molecule has 6 heteroatoms. The lowest BCUT2D eigenvalue weighted by Crippen LogP contribution is -2.16. The molecule has 0 aliphatic rings. The number of aromatic carboxylic acids is 1. The number of nitrogens with one attached hydrogen (secondary N) is 1. The Balaban J connectivity index is 2.28. The molecule has 0 radical (unpaired) electrons. The molecule has 0 heterocycles. The number of anilines is 1. The normalized spacial score (nSPS) is 10.3. The summed E-state index contributed by atoms with van der Waals surface area (Å²) in [7, 11) is 0. The van der Waals surface area contributed by atoms with Crippen molar-refractivity contribution < 1.29 is 24.2 Å². The summed E-state index contributed by atoms with van der Waals surface area (Å²) >= 11 is 0. The monoisotopic (exact) mass is 355 g/mol. The summed E-state index contributed by atoms with van der Waals surface area (Å²) in [5.41, 5.74) is 0.946. The van der Waals surface area contributed by atoms with Crippen molar-refractivity contribution in [2.75, 3.05) is 11.9 Å². The highest BCUT2D eigenvalue weighted by Gasteiger charge is 2.19. The summed E-state index contributed by atoms with van der Waals surface area (Å²) in [5, 5.41) is 11.7. The van der Waals surface area contributed by atoms with Crippen LogP contribution in [0.25, 0.3) is 0 Å². The van der Waals surface area contributed by atoms with E-state index >= 15 is 0 Å². The number of hydrogen-bond acceptors (Lipinski definition) is 4. The maximum absolute atomic E-state index is 12.7. The molecule has 0 bridgehead atoms. The van der Waals surface area contributed by atoms with Crippen LogP contribution in [0, 0.1) is 0 Å². The highest BCUT2D eigenvalue weighted by atomic mass is 16.5. The van der Waals surface area contributed by atoms with Crippen LogP contribution in [0.2, 0.25) is 0 Å². The molecule has 2 aromatic carbocycles. The molecule has 26 heavy (non-hydrogen) atoms. The van der Waals surface area contributed by atoms with E-state index in [-0.39, 0.29) is 24.2 Å². The van der Waals surface area contributed by atoms with Gasteiger partial charge < -0.3 is 19.9 Å². The van der Waals surface area contributed by atoms with Crippen LogP contribution in [-0.4, -0.2) is 29.7 Å². The Morgan fingerprint density at radius 1 is 1.19 bits per heavy atom. The minimum Gasteiger partial charge on any atom is -0.486 e. The van der Waals surface area contributed by atoms with Crippen LogP contribution in [0.4, 0.5) is 5.69 Å². The average molecular weight is 355 g/mol. The lowest BCUT2D eigenvalue weighted by atomic mass is 10.1. The molecule has 0 aliphatic carbocycles. The highest BCUT2D eigenvalue weighted by molar-refractivity contribution is 6.07. The van der Waals surface area contributed by atoms with Gasteiger partial charge in [-0.15, -0.1) is 0 Å². The van der Waals surface area contributed by atoms with Crippen molar-refractivity contribution in [1.82, 2.24) is 0 Å². The minimum absolute atomic E-state index is 0.145. The topological polar surface area (TPSA) is 84.9 Å². The van der Waals surface area contributed by atoms with Crippen molar-refractivity contribution in [3.63, 3.8) is 0 Å². The van der Waals surface area contributed by atoms with Gasteiger partial charge in [-0.2, -0.15) is 0 Å². The molecule has 0 spiro atoms. The number of carboxylic acids is 1. The van der Waals surface area contributed by atoms with Gasteiger partial charge in [0.25, 0.3) is 5.91 Å². The Bertz CT molecular complexity index is 796. The molecule has 2 aromatic rings. The van der Waals surface area contributed by atoms with E-state index in [1.807, 2.05) is 13.8 Å². The fourth-order valence-electron chi connectivity index (χ4n) is 2.21. The largest absolute Gasteiger partial charge is 0.486 e. The van der Waals surface area contributed by atoms with E-state index < -0.39 is 5.97 Å². The van der Waals surface area contributed by atoms with Crippen LogP contribution in [0.15, 0.2) is 55.1 Å². The number of rotatable bonds is 8. The first-order valence-corrected chi connectivity index (χ1v) is 8.10.